The highest BCUT2D eigenvalue weighted by Gasteiger charge is 2.55. The fourth-order valence-electron chi connectivity index (χ4n) is 11.9. The molecule has 3 aliphatic rings. The SMILES string of the molecule is CC[C@H]1OC(=O)[C@H](C)[C@@H](O[C@H]2C[C@@](C)(OC)[C@@H](OC(=O)CCNCCN(C)CCSc3ccc4c(c3)c(=O)c(C(=O)O)cn4CC)[C@H](C)O2)[C@H](C)[C@@H](O[C@H]2O[C@@H](C)C[C@@H](N(C)C)[C@@H]2O)[C@](C)(OC)C[C@@H](C)C(=O)[C@H](C)[C@@H](O)[C@]1(C)O. The number of thioether (sulfide) groups is 1. The van der Waals surface area contributed by atoms with Crippen LogP contribution in [0.2, 0.25) is 0 Å². The number of methoxy groups -OCH3 is 2. The van der Waals surface area contributed by atoms with Gasteiger partial charge in [0.2, 0.25) is 5.43 Å². The molecule has 0 radical (unpaired) electrons. The summed E-state index contributed by atoms with van der Waals surface area (Å²) in [5.41, 5.74) is -4.56. The number of aliphatic hydroxyl groups is 3. The number of aromatic nitrogens is 1. The topological polar surface area (TPSA) is 264 Å². The van der Waals surface area contributed by atoms with E-state index in [1.165, 1.54) is 27.3 Å². The van der Waals surface area contributed by atoms with Gasteiger partial charge in [-0.3, -0.25) is 19.2 Å². The predicted octanol–water partition coefficient (Wildman–Crippen LogP) is 4.73. The van der Waals surface area contributed by atoms with Gasteiger partial charge in [0.1, 0.15) is 34.8 Å². The number of ether oxygens (including phenoxy) is 8. The van der Waals surface area contributed by atoms with Crippen molar-refractivity contribution in [2.75, 3.05) is 67.3 Å². The first-order valence-electron chi connectivity index (χ1n) is 28.3. The molecule has 2 aromatic rings. The number of rotatable bonds is 21. The van der Waals surface area contributed by atoms with Crippen LogP contribution in [0, 0.1) is 23.7 Å². The van der Waals surface area contributed by atoms with Crippen LogP contribution in [0.25, 0.3) is 10.9 Å². The quantitative estimate of drug-likeness (QED) is 0.0643. The summed E-state index contributed by atoms with van der Waals surface area (Å²) in [5.74, 6) is -5.81. The van der Waals surface area contributed by atoms with Gasteiger partial charge in [-0.15, -0.1) is 11.8 Å². The number of ketones is 1. The standard InChI is InChI=1S/C58H94N4O17S/c1-17-43-58(11,71)50(67)34(5)46(64)32(3)29-56(9,72-15)51(79-55-48(66)42(60(12)13)27-33(4)74-55)35(6)49(36(7)54(70)76-43)78-45-30-57(10,73-16)52(37(8)75-45)77-44(63)21-22-59-23-24-61(14)25-26-80-38-19-20-41-39(28-38)47(65)40(53(68)69)31-62(41)18-2/h19-20,28,31-37,42-43,45,48-52,55,59,66-67,71H,17-18,21-27,29-30H2,1-16H3,(H,68,69)/t32-,33+,34+,35+,36-,37+,42-,43-,45+,48+,49+,50-,51-,52+,55-,56-,57-,58-/m1/s1. The summed E-state index contributed by atoms with van der Waals surface area (Å²) >= 11 is 1.58. The van der Waals surface area contributed by atoms with Crippen LogP contribution >= 0.6 is 11.8 Å². The summed E-state index contributed by atoms with van der Waals surface area (Å²) in [5, 5.41) is 48.6. The van der Waals surface area contributed by atoms with E-state index in [1.54, 1.807) is 70.9 Å². The van der Waals surface area contributed by atoms with Crippen molar-refractivity contribution in [2.24, 2.45) is 23.7 Å². The second-order valence-corrected chi connectivity index (χ2v) is 24.6. The monoisotopic (exact) mass is 1150 g/mol. The van der Waals surface area contributed by atoms with Crippen molar-refractivity contribution in [3.63, 3.8) is 0 Å². The Morgan fingerprint density at radius 2 is 1.55 bits per heavy atom. The van der Waals surface area contributed by atoms with Crippen LogP contribution in [0.1, 0.15) is 119 Å². The summed E-state index contributed by atoms with van der Waals surface area (Å²) in [6, 6.07) is 5.21. The van der Waals surface area contributed by atoms with E-state index in [2.05, 4.69) is 10.2 Å². The first-order chi connectivity index (χ1) is 37.5. The lowest BCUT2D eigenvalue weighted by Crippen LogP contribution is -2.61. The molecule has 1 aromatic carbocycles. The van der Waals surface area contributed by atoms with Crippen molar-refractivity contribution < 1.29 is 77.5 Å². The van der Waals surface area contributed by atoms with Gasteiger partial charge in [0.05, 0.1) is 54.0 Å². The van der Waals surface area contributed by atoms with Crippen LogP contribution in [0.5, 0.6) is 0 Å². The maximum atomic E-state index is 14.6. The van der Waals surface area contributed by atoms with E-state index in [4.69, 9.17) is 37.9 Å². The molecule has 454 valence electrons. The second-order valence-electron chi connectivity index (χ2n) is 23.4. The molecule has 0 amide bonds. The molecule has 3 saturated heterocycles. The van der Waals surface area contributed by atoms with E-state index >= 15 is 0 Å². The molecule has 0 bridgehead atoms. The molecule has 3 fully saturated rings. The van der Waals surface area contributed by atoms with E-state index in [0.29, 0.717) is 43.5 Å². The van der Waals surface area contributed by atoms with Gasteiger partial charge in [-0.2, -0.15) is 0 Å². The summed E-state index contributed by atoms with van der Waals surface area (Å²) in [6.07, 6.45) is -8.06. The number of fused-ring (bicyclic) bond motifs is 1. The third-order valence-electron chi connectivity index (χ3n) is 17.0. The smallest absolute Gasteiger partial charge is 0.341 e. The first-order valence-corrected chi connectivity index (χ1v) is 29.3. The Morgan fingerprint density at radius 3 is 2.16 bits per heavy atom. The van der Waals surface area contributed by atoms with Crippen LogP contribution < -0.4 is 10.7 Å². The Bertz CT molecular complexity index is 2460. The van der Waals surface area contributed by atoms with Crippen LogP contribution in [-0.2, 0) is 58.8 Å². The van der Waals surface area contributed by atoms with E-state index in [0.717, 1.165) is 17.2 Å². The zero-order valence-electron chi connectivity index (χ0n) is 50.1. The normalized spacial score (nSPS) is 36.0. The first kappa shape index (κ1) is 67.2. The van der Waals surface area contributed by atoms with Gasteiger partial charge >= 0.3 is 17.9 Å². The number of esters is 2. The van der Waals surface area contributed by atoms with Crippen molar-refractivity contribution in [1.82, 2.24) is 19.7 Å². The number of benzene rings is 1. The number of pyridine rings is 1. The molecule has 18 atom stereocenters. The Morgan fingerprint density at radius 1 is 0.887 bits per heavy atom. The zero-order chi connectivity index (χ0) is 59.8. The number of nitrogens with one attached hydrogen (secondary N) is 1. The Kier molecular flexibility index (Phi) is 24.2. The number of carbonyl (C=O) groups excluding carboxylic acids is 3. The zero-order valence-corrected chi connectivity index (χ0v) is 50.9. The van der Waals surface area contributed by atoms with Crippen molar-refractivity contribution >= 4 is 46.4 Å². The lowest BCUT2D eigenvalue weighted by Gasteiger charge is -2.50. The molecule has 0 aliphatic carbocycles. The van der Waals surface area contributed by atoms with E-state index in [-0.39, 0.29) is 49.2 Å². The minimum absolute atomic E-state index is 0.0478. The highest BCUT2D eigenvalue weighted by Crippen LogP contribution is 2.42. The summed E-state index contributed by atoms with van der Waals surface area (Å²) in [4.78, 5) is 71.9. The Labute approximate surface area is 476 Å². The number of carbonyl (C=O) groups is 4. The highest BCUT2D eigenvalue weighted by atomic mass is 32.2. The molecular weight excluding hydrogens is 1060 g/mol. The fourth-order valence-corrected chi connectivity index (χ4v) is 12.9. The average molecular weight is 1150 g/mol. The molecular formula is C58H94N4O17S. The lowest BCUT2D eigenvalue weighted by atomic mass is 9.74. The molecule has 0 saturated carbocycles. The van der Waals surface area contributed by atoms with Gasteiger partial charge in [0.15, 0.2) is 18.7 Å². The number of nitrogens with zero attached hydrogens (tertiary/aromatic N) is 3. The van der Waals surface area contributed by atoms with Crippen LogP contribution in [0.3, 0.4) is 0 Å². The lowest BCUT2D eigenvalue weighted by molar-refractivity contribution is -0.320. The number of cyclic esters (lactones) is 1. The number of carboxylic acids is 1. The molecule has 21 nitrogen and oxygen atoms in total. The molecule has 1 aromatic heterocycles. The number of hydrogen-bond donors (Lipinski definition) is 5. The van der Waals surface area contributed by atoms with Gasteiger partial charge in [0, 0.05) is 99.4 Å². The Hall–Kier alpha value is -3.62. The average Bonchev–Trinajstić information content (AvgIpc) is 3.41. The number of aryl methyl sites for hydroxylation is 1. The number of carboxylic acid groups (broad SMARTS) is 1. The summed E-state index contributed by atoms with van der Waals surface area (Å²) in [7, 11) is 8.74. The van der Waals surface area contributed by atoms with Crippen LogP contribution in [0.15, 0.2) is 34.1 Å². The third kappa shape index (κ3) is 15.8. The maximum Gasteiger partial charge on any atom is 0.341 e. The van der Waals surface area contributed by atoms with Gasteiger partial charge in [-0.1, -0.05) is 27.7 Å². The molecule has 3 aliphatic heterocycles. The third-order valence-corrected chi connectivity index (χ3v) is 18.0. The van der Waals surface area contributed by atoms with Crippen LogP contribution in [0.4, 0.5) is 0 Å². The molecule has 22 heteroatoms. The summed E-state index contributed by atoms with van der Waals surface area (Å²) < 4.78 is 53.2. The largest absolute Gasteiger partial charge is 0.477 e. The number of aliphatic hydroxyl groups excluding tert-OH is 2. The molecule has 4 heterocycles. The van der Waals surface area contributed by atoms with Gasteiger partial charge in [0.25, 0.3) is 0 Å². The number of Topliss-reactive ketones (excluding diaryl/α,β-unsaturated/α-hetero) is 1. The minimum atomic E-state index is -2.03. The predicted molar refractivity (Wildman–Crippen MR) is 301 cm³/mol. The highest BCUT2D eigenvalue weighted by molar-refractivity contribution is 7.99. The number of aromatic carboxylic acids is 1. The minimum Gasteiger partial charge on any atom is -0.477 e. The van der Waals surface area contributed by atoms with Crippen molar-refractivity contribution in [3.8, 4) is 0 Å². The van der Waals surface area contributed by atoms with Crippen molar-refractivity contribution in [2.45, 2.75) is 204 Å². The fraction of sp³-hybridized carbons (Fsp3) is 0.776. The molecule has 0 spiro atoms. The van der Waals surface area contributed by atoms with Crippen LogP contribution in [-0.4, -0.2) is 210 Å². The van der Waals surface area contributed by atoms with Crippen molar-refractivity contribution in [1.29, 1.82) is 0 Å². The van der Waals surface area contributed by atoms with E-state index in [1.807, 2.05) is 58.9 Å². The molecule has 5 N–H and O–H groups in total. The van der Waals surface area contributed by atoms with Crippen molar-refractivity contribution in [3.05, 3.63) is 40.2 Å². The van der Waals surface area contributed by atoms with E-state index < -0.39 is 119 Å². The summed E-state index contributed by atoms with van der Waals surface area (Å²) in [6.45, 7) is 21.8. The molecule has 80 heavy (non-hydrogen) atoms. The molecule has 0 unspecified atom stereocenters. The van der Waals surface area contributed by atoms with Gasteiger partial charge in [-0.05, 0) is 107 Å². The molecule has 5 rings (SSSR count). The van der Waals surface area contributed by atoms with Gasteiger partial charge in [-0.25, -0.2) is 4.79 Å². The van der Waals surface area contributed by atoms with Gasteiger partial charge < -0.3 is 78.0 Å². The number of hydrogen-bond acceptors (Lipinski definition) is 20. The number of likely N-dealkylation sites (N-methyl/N-ethyl adjacent to an activating group) is 2. The second kappa shape index (κ2) is 28.8. The Balaban J connectivity index is 1.28. The maximum absolute atomic E-state index is 14.6. The van der Waals surface area contributed by atoms with E-state index in [9.17, 15) is 44.4 Å².